The van der Waals surface area contributed by atoms with Crippen LogP contribution in [-0.2, 0) is 4.74 Å². The van der Waals surface area contributed by atoms with Crippen LogP contribution >= 0.6 is 0 Å². The summed E-state index contributed by atoms with van der Waals surface area (Å²) in [6.07, 6.45) is 0.546. The van der Waals surface area contributed by atoms with Crippen LogP contribution in [0.25, 0.3) is 6.08 Å². The van der Waals surface area contributed by atoms with Gasteiger partial charge in [-0.3, -0.25) is 0 Å². The van der Waals surface area contributed by atoms with Crippen molar-refractivity contribution in [3.8, 4) is 11.5 Å². The van der Waals surface area contributed by atoms with E-state index >= 15 is 0 Å². The van der Waals surface area contributed by atoms with Gasteiger partial charge in [0.1, 0.15) is 18.1 Å². The number of benzene rings is 1. The predicted octanol–water partition coefficient (Wildman–Crippen LogP) is 0.0445. The van der Waals surface area contributed by atoms with Gasteiger partial charge < -0.3 is 36.6 Å². The number of aromatic hydroxyl groups is 2. The van der Waals surface area contributed by atoms with E-state index in [-0.39, 0.29) is 41.8 Å². The number of phenolic OH excluding ortho intramolecular Hbond substituents is 2. The van der Waals surface area contributed by atoms with Crippen LogP contribution in [0.4, 0.5) is 16.2 Å². The van der Waals surface area contributed by atoms with Gasteiger partial charge in [-0.05, 0) is 0 Å². The van der Waals surface area contributed by atoms with Crippen LogP contribution in [0.1, 0.15) is 17.0 Å². The smallest absolute Gasteiger partial charge is 0.404 e. The Kier molecular flexibility index (Phi) is 2.71. The summed E-state index contributed by atoms with van der Waals surface area (Å²) in [5.74, 6) is -0.412. The Morgan fingerprint density at radius 2 is 2.22 bits per heavy atom. The van der Waals surface area contributed by atoms with Crippen LogP contribution in [0.3, 0.4) is 0 Å². The summed E-state index contributed by atoms with van der Waals surface area (Å²) in [5, 5.41) is 24.5. The number of nitrogens with zero attached hydrogens (tertiary/aromatic N) is 1. The summed E-state index contributed by atoms with van der Waals surface area (Å²) < 4.78 is 4.98. The Hall–Kier alpha value is -2.61. The maximum absolute atomic E-state index is 11.0. The molecule has 122 valence electrons. The van der Waals surface area contributed by atoms with Crippen LogP contribution in [0, 0.1) is 0 Å². The molecule has 3 heterocycles. The van der Waals surface area contributed by atoms with Gasteiger partial charge in [0.2, 0.25) is 0 Å². The Labute approximate surface area is 132 Å². The molecule has 7 N–H and O–H groups in total. The van der Waals surface area contributed by atoms with Gasteiger partial charge in [0.05, 0.1) is 17.4 Å². The Balaban J connectivity index is 1.87. The molecule has 8 nitrogen and oxygen atoms in total. The highest BCUT2D eigenvalue weighted by Gasteiger charge is 2.60. The van der Waals surface area contributed by atoms with Gasteiger partial charge in [0.15, 0.2) is 0 Å². The number of ether oxygens (including phenoxy) is 1. The number of hydrogen-bond acceptors (Lipinski definition) is 7. The summed E-state index contributed by atoms with van der Waals surface area (Å²) in [7, 11) is 0. The van der Waals surface area contributed by atoms with Crippen molar-refractivity contribution in [1.82, 2.24) is 5.32 Å². The topological polar surface area (TPSA) is 144 Å². The largest absolute Gasteiger partial charge is 0.505 e. The van der Waals surface area contributed by atoms with Gasteiger partial charge in [0, 0.05) is 35.7 Å². The van der Waals surface area contributed by atoms with E-state index in [1.54, 1.807) is 0 Å². The van der Waals surface area contributed by atoms with Crippen molar-refractivity contribution in [1.29, 1.82) is 0 Å². The molecule has 0 aromatic heterocycles. The third kappa shape index (κ3) is 1.72. The second kappa shape index (κ2) is 4.45. The van der Waals surface area contributed by atoms with Gasteiger partial charge in [-0.1, -0.05) is 12.7 Å². The van der Waals surface area contributed by atoms with Gasteiger partial charge in [-0.15, -0.1) is 0 Å². The first kappa shape index (κ1) is 14.0. The van der Waals surface area contributed by atoms with Crippen LogP contribution in [0.2, 0.25) is 0 Å². The summed E-state index contributed by atoms with van der Waals surface area (Å²) >= 11 is 0. The van der Waals surface area contributed by atoms with Crippen molar-refractivity contribution in [2.75, 3.05) is 23.8 Å². The minimum absolute atomic E-state index is 0.00169. The monoisotopic (exact) mass is 318 g/mol. The molecule has 4 atom stereocenters. The molecule has 2 fully saturated rings. The van der Waals surface area contributed by atoms with Gasteiger partial charge in [0.25, 0.3) is 0 Å². The minimum atomic E-state index is -0.873. The lowest BCUT2D eigenvalue weighted by molar-refractivity contribution is 0.146. The number of carbonyl (C=O) groups is 1. The molecule has 2 saturated heterocycles. The molecule has 0 aliphatic carbocycles. The van der Waals surface area contributed by atoms with E-state index in [4.69, 9.17) is 16.2 Å². The number of piperazine rings is 1. The molecule has 0 radical (unpaired) electrons. The number of hydrogen-bond donors (Lipinski definition) is 5. The lowest BCUT2D eigenvalue weighted by Gasteiger charge is -2.25. The molecule has 4 unspecified atom stereocenters. The molecule has 3 aliphatic rings. The van der Waals surface area contributed by atoms with Crippen LogP contribution < -0.4 is 21.7 Å². The van der Waals surface area contributed by atoms with Crippen molar-refractivity contribution < 1.29 is 19.7 Å². The highest BCUT2D eigenvalue weighted by atomic mass is 16.5. The number of primary amides is 1. The van der Waals surface area contributed by atoms with Crippen molar-refractivity contribution in [2.24, 2.45) is 5.73 Å². The zero-order valence-electron chi connectivity index (χ0n) is 12.3. The first-order chi connectivity index (χ1) is 11.0. The van der Waals surface area contributed by atoms with Crippen molar-refractivity contribution in [2.45, 2.75) is 24.0 Å². The lowest BCUT2D eigenvalue weighted by atomic mass is 9.91. The van der Waals surface area contributed by atoms with E-state index in [2.05, 4.69) is 11.9 Å². The van der Waals surface area contributed by atoms with Gasteiger partial charge in [-0.25, -0.2) is 4.79 Å². The Morgan fingerprint density at radius 3 is 2.87 bits per heavy atom. The summed E-state index contributed by atoms with van der Waals surface area (Å²) in [6, 6.07) is 0.553. The fourth-order valence-electron chi connectivity index (χ4n) is 4.07. The number of nitrogen functional groups attached to an aromatic ring is 1. The summed E-state index contributed by atoms with van der Waals surface area (Å²) in [4.78, 5) is 13.0. The zero-order valence-corrected chi connectivity index (χ0v) is 12.3. The molecular weight excluding hydrogens is 300 g/mol. The number of nitrogens with one attached hydrogen (secondary N) is 1. The maximum atomic E-state index is 11.0. The van der Waals surface area contributed by atoms with Crippen molar-refractivity contribution in [3.05, 3.63) is 17.7 Å². The second-order valence-corrected chi connectivity index (χ2v) is 6.17. The fourth-order valence-corrected chi connectivity index (χ4v) is 4.07. The molecule has 0 spiro atoms. The summed E-state index contributed by atoms with van der Waals surface area (Å²) in [5.41, 5.74) is 12.4. The molecule has 1 aromatic rings. The normalized spacial score (nSPS) is 29.7. The molecule has 8 heteroatoms. The van der Waals surface area contributed by atoms with Crippen LogP contribution in [-0.4, -0.2) is 47.6 Å². The first-order valence-electron chi connectivity index (χ1n) is 7.40. The number of amides is 1. The quantitative estimate of drug-likeness (QED) is 0.229. The van der Waals surface area contributed by atoms with E-state index in [1.807, 2.05) is 4.90 Å². The fraction of sp³-hybridized carbons (Fsp3) is 0.400. The number of rotatable bonds is 3. The average molecular weight is 318 g/mol. The minimum Gasteiger partial charge on any atom is -0.505 e. The highest BCUT2D eigenvalue weighted by Crippen LogP contribution is 2.58. The van der Waals surface area contributed by atoms with Gasteiger partial charge >= 0.3 is 6.09 Å². The number of phenols is 2. The summed E-state index contributed by atoms with van der Waals surface area (Å²) in [6.45, 7) is 4.37. The number of nitrogens with two attached hydrogens (primary N) is 2. The third-order valence-electron chi connectivity index (χ3n) is 5.07. The van der Waals surface area contributed by atoms with E-state index in [1.165, 1.54) is 6.08 Å². The molecule has 3 aliphatic heterocycles. The molecule has 23 heavy (non-hydrogen) atoms. The molecule has 4 rings (SSSR count). The van der Waals surface area contributed by atoms with Crippen molar-refractivity contribution >= 4 is 23.5 Å². The lowest BCUT2D eigenvalue weighted by Crippen LogP contribution is -2.38. The number of carbonyl (C=O) groups excluding carboxylic acids is 1. The highest BCUT2D eigenvalue weighted by molar-refractivity contribution is 5.88. The average Bonchev–Trinajstić information content (AvgIpc) is 3.04. The molecule has 0 bridgehead atoms. The second-order valence-electron chi connectivity index (χ2n) is 6.17. The first-order valence-corrected chi connectivity index (χ1v) is 7.40. The van der Waals surface area contributed by atoms with E-state index < -0.39 is 6.09 Å². The van der Waals surface area contributed by atoms with E-state index in [9.17, 15) is 15.0 Å². The Morgan fingerprint density at radius 1 is 1.48 bits per heavy atom. The standard InChI is InChI=1S/C15H18N4O4/c1-2-5-9(16)14(21)8-6(4-23-15(17)22)11-10-7(18-10)3-19(11)12(8)13(5)20/h2,6-7,10-11,18,20-21H,1,3-4,16H2,(H2,17,22). The number of fused-ring (bicyclic) bond motifs is 5. The SMILES string of the molecule is C=Cc1c(N)c(O)c2c(c1O)N1CC3NC3C1C2COC(N)=O. The van der Waals surface area contributed by atoms with Gasteiger partial charge in [-0.2, -0.15) is 0 Å². The number of anilines is 2. The van der Waals surface area contributed by atoms with E-state index in [0.29, 0.717) is 29.4 Å². The molecule has 1 aromatic carbocycles. The van der Waals surface area contributed by atoms with E-state index in [0.717, 1.165) is 0 Å². The molecular formula is C15H18N4O4. The van der Waals surface area contributed by atoms with Crippen LogP contribution in [0.5, 0.6) is 11.5 Å². The third-order valence-corrected chi connectivity index (χ3v) is 5.07. The van der Waals surface area contributed by atoms with Crippen LogP contribution in [0.15, 0.2) is 6.58 Å². The molecule has 0 saturated carbocycles. The Bertz CT molecular complexity index is 735. The van der Waals surface area contributed by atoms with Crippen molar-refractivity contribution in [3.63, 3.8) is 0 Å². The zero-order chi connectivity index (χ0) is 16.5. The predicted molar refractivity (Wildman–Crippen MR) is 84.4 cm³/mol. The molecule has 1 amide bonds. The maximum Gasteiger partial charge on any atom is 0.404 e.